The fourth-order valence-corrected chi connectivity index (χ4v) is 3.84. The van der Waals surface area contributed by atoms with Crippen LogP contribution in [0.5, 0.6) is 11.5 Å². The molecule has 2 aliphatic heterocycles. The maximum absolute atomic E-state index is 5.53. The fraction of sp³-hybridized carbons (Fsp3) is 0.650. The summed E-state index contributed by atoms with van der Waals surface area (Å²) in [4.78, 5) is 9.81. The van der Waals surface area contributed by atoms with Gasteiger partial charge in [-0.05, 0) is 19.4 Å². The van der Waals surface area contributed by atoms with Crippen LogP contribution >= 0.6 is 0 Å². The zero-order valence-corrected chi connectivity index (χ0v) is 16.7. The van der Waals surface area contributed by atoms with E-state index in [1.54, 1.807) is 14.2 Å². The summed E-state index contributed by atoms with van der Waals surface area (Å²) in [5.41, 5.74) is 1.02. The number of likely N-dealkylation sites (tertiary alicyclic amines) is 1. The van der Waals surface area contributed by atoms with Crippen molar-refractivity contribution >= 4 is 5.96 Å². The number of para-hydroxylation sites is 1. The van der Waals surface area contributed by atoms with Gasteiger partial charge in [0.15, 0.2) is 17.5 Å². The predicted octanol–water partition coefficient (Wildman–Crippen LogP) is 1.58. The van der Waals surface area contributed by atoms with Gasteiger partial charge in [-0.25, -0.2) is 4.99 Å². The van der Waals surface area contributed by atoms with Crippen LogP contribution in [-0.4, -0.2) is 82.0 Å². The molecule has 1 aromatic rings. The molecule has 1 N–H and O–H groups in total. The van der Waals surface area contributed by atoms with Gasteiger partial charge in [-0.2, -0.15) is 0 Å². The fourth-order valence-electron chi connectivity index (χ4n) is 3.84. The van der Waals surface area contributed by atoms with E-state index in [4.69, 9.17) is 19.2 Å². The summed E-state index contributed by atoms with van der Waals surface area (Å²) in [5.74, 6) is 2.47. The van der Waals surface area contributed by atoms with Crippen LogP contribution in [0.3, 0.4) is 0 Å². The Kier molecular flexibility index (Phi) is 7.18. The first-order valence-electron chi connectivity index (χ1n) is 9.81. The highest BCUT2D eigenvalue weighted by Crippen LogP contribution is 2.31. The van der Waals surface area contributed by atoms with Crippen LogP contribution in [-0.2, 0) is 11.3 Å². The van der Waals surface area contributed by atoms with Gasteiger partial charge >= 0.3 is 0 Å². The molecule has 0 radical (unpaired) electrons. The summed E-state index contributed by atoms with van der Waals surface area (Å²) >= 11 is 0. The third-order valence-corrected chi connectivity index (χ3v) is 5.24. The molecule has 150 valence electrons. The van der Waals surface area contributed by atoms with Gasteiger partial charge in [-0.15, -0.1) is 0 Å². The number of nitrogens with zero attached hydrogens (tertiary/aromatic N) is 3. The number of aliphatic imine (C=N–C) groups is 1. The Balaban J connectivity index is 1.68. The van der Waals surface area contributed by atoms with E-state index in [0.717, 1.165) is 69.0 Å². The van der Waals surface area contributed by atoms with Gasteiger partial charge in [-0.1, -0.05) is 12.1 Å². The summed E-state index contributed by atoms with van der Waals surface area (Å²) in [6, 6.07) is 6.51. The van der Waals surface area contributed by atoms with Crippen LogP contribution in [0.1, 0.15) is 18.9 Å². The molecule has 27 heavy (non-hydrogen) atoms. The lowest BCUT2D eigenvalue weighted by atomic mass is 10.2. The Hall–Kier alpha value is -1.99. The van der Waals surface area contributed by atoms with Crippen LogP contribution in [0.15, 0.2) is 23.2 Å². The minimum atomic E-state index is 0.557. The SMILES string of the molecule is CCNC(=NCc1cccc(OC)c1OC)N1CCC(N2CCOCC2)C1. The average molecular weight is 377 g/mol. The molecule has 3 rings (SSSR count). The molecule has 1 atom stereocenters. The van der Waals surface area contributed by atoms with Crippen LogP contribution in [0.4, 0.5) is 0 Å². The summed E-state index contributed by atoms with van der Waals surface area (Å²) in [5, 5.41) is 3.45. The molecule has 0 amide bonds. The molecule has 7 nitrogen and oxygen atoms in total. The molecular weight excluding hydrogens is 344 g/mol. The van der Waals surface area contributed by atoms with Gasteiger partial charge in [0, 0.05) is 44.3 Å². The van der Waals surface area contributed by atoms with Gasteiger partial charge in [0.25, 0.3) is 0 Å². The van der Waals surface area contributed by atoms with Crippen LogP contribution < -0.4 is 14.8 Å². The van der Waals surface area contributed by atoms with E-state index in [9.17, 15) is 0 Å². The lowest BCUT2D eigenvalue weighted by molar-refractivity contribution is 0.0195. The predicted molar refractivity (Wildman–Crippen MR) is 107 cm³/mol. The first-order chi connectivity index (χ1) is 13.3. The van der Waals surface area contributed by atoms with Crippen molar-refractivity contribution in [2.75, 3.05) is 60.2 Å². The summed E-state index contributed by atoms with van der Waals surface area (Å²) < 4.78 is 16.4. The maximum atomic E-state index is 5.53. The van der Waals surface area contributed by atoms with Crippen molar-refractivity contribution in [2.45, 2.75) is 25.9 Å². The largest absolute Gasteiger partial charge is 0.493 e. The highest BCUT2D eigenvalue weighted by molar-refractivity contribution is 5.80. The Morgan fingerprint density at radius 2 is 2.04 bits per heavy atom. The van der Waals surface area contributed by atoms with Crippen molar-refractivity contribution in [2.24, 2.45) is 4.99 Å². The third kappa shape index (κ3) is 4.84. The highest BCUT2D eigenvalue weighted by Gasteiger charge is 2.30. The van der Waals surface area contributed by atoms with E-state index >= 15 is 0 Å². The first kappa shape index (κ1) is 19.8. The normalized spacial score (nSPS) is 21.4. The van der Waals surface area contributed by atoms with Gasteiger partial charge in [0.05, 0.1) is 34.0 Å². The van der Waals surface area contributed by atoms with Gasteiger partial charge in [0.1, 0.15) is 0 Å². The number of methoxy groups -OCH3 is 2. The molecular formula is C20H32N4O3. The van der Waals surface area contributed by atoms with Crippen molar-refractivity contribution in [3.63, 3.8) is 0 Å². The number of hydrogen-bond donors (Lipinski definition) is 1. The molecule has 2 fully saturated rings. The Morgan fingerprint density at radius 3 is 2.74 bits per heavy atom. The molecule has 0 saturated carbocycles. The number of ether oxygens (including phenoxy) is 3. The number of rotatable bonds is 6. The molecule has 0 bridgehead atoms. The molecule has 2 heterocycles. The summed E-state index contributed by atoms with van der Waals surface area (Å²) in [6.07, 6.45) is 1.17. The Bertz CT molecular complexity index is 632. The van der Waals surface area contributed by atoms with E-state index in [-0.39, 0.29) is 0 Å². The Labute approximate surface area is 162 Å². The second-order valence-electron chi connectivity index (χ2n) is 6.86. The van der Waals surface area contributed by atoms with E-state index in [0.29, 0.717) is 12.6 Å². The van der Waals surface area contributed by atoms with Crippen molar-refractivity contribution < 1.29 is 14.2 Å². The van der Waals surface area contributed by atoms with Crippen molar-refractivity contribution in [1.29, 1.82) is 0 Å². The van der Waals surface area contributed by atoms with Crippen LogP contribution in [0, 0.1) is 0 Å². The lowest BCUT2D eigenvalue weighted by Gasteiger charge is -2.32. The minimum absolute atomic E-state index is 0.557. The highest BCUT2D eigenvalue weighted by atomic mass is 16.5. The van der Waals surface area contributed by atoms with E-state index in [1.807, 2.05) is 18.2 Å². The minimum Gasteiger partial charge on any atom is -0.493 e. The van der Waals surface area contributed by atoms with Crippen LogP contribution in [0.2, 0.25) is 0 Å². The quantitative estimate of drug-likeness (QED) is 0.601. The smallest absolute Gasteiger partial charge is 0.194 e. The van der Waals surface area contributed by atoms with Gasteiger partial charge in [0.2, 0.25) is 0 Å². The van der Waals surface area contributed by atoms with E-state index < -0.39 is 0 Å². The lowest BCUT2D eigenvalue weighted by Crippen LogP contribution is -2.46. The zero-order valence-electron chi connectivity index (χ0n) is 16.7. The second-order valence-corrected chi connectivity index (χ2v) is 6.86. The molecule has 0 aliphatic carbocycles. The van der Waals surface area contributed by atoms with E-state index in [2.05, 4.69) is 22.0 Å². The van der Waals surface area contributed by atoms with E-state index in [1.165, 1.54) is 6.42 Å². The van der Waals surface area contributed by atoms with Crippen molar-refractivity contribution in [3.05, 3.63) is 23.8 Å². The maximum Gasteiger partial charge on any atom is 0.194 e. The monoisotopic (exact) mass is 376 g/mol. The first-order valence-corrected chi connectivity index (χ1v) is 9.81. The van der Waals surface area contributed by atoms with Crippen molar-refractivity contribution in [1.82, 2.24) is 15.1 Å². The molecule has 0 aromatic heterocycles. The van der Waals surface area contributed by atoms with Gasteiger partial charge in [-0.3, -0.25) is 4.90 Å². The molecule has 0 spiro atoms. The zero-order chi connectivity index (χ0) is 19.1. The standard InChI is InChI=1S/C20H32N4O3/c1-4-21-20(22-14-16-6-5-7-18(25-2)19(16)26-3)24-9-8-17(15-24)23-10-12-27-13-11-23/h5-7,17H,4,8-15H2,1-3H3,(H,21,22). The summed E-state index contributed by atoms with van der Waals surface area (Å²) in [7, 11) is 3.33. The number of nitrogens with one attached hydrogen (secondary N) is 1. The second kappa shape index (κ2) is 9.80. The van der Waals surface area contributed by atoms with Gasteiger partial charge < -0.3 is 24.4 Å². The Morgan fingerprint density at radius 1 is 1.22 bits per heavy atom. The van der Waals surface area contributed by atoms with Crippen LogP contribution in [0.25, 0.3) is 0 Å². The average Bonchev–Trinajstić information content (AvgIpc) is 3.21. The molecule has 1 aromatic carbocycles. The number of benzene rings is 1. The van der Waals surface area contributed by atoms with Crippen molar-refractivity contribution in [3.8, 4) is 11.5 Å². The molecule has 7 heteroatoms. The molecule has 1 unspecified atom stereocenters. The number of hydrogen-bond acceptors (Lipinski definition) is 5. The summed E-state index contributed by atoms with van der Waals surface area (Å²) in [6.45, 7) is 9.33. The third-order valence-electron chi connectivity index (χ3n) is 5.24. The molecule has 2 aliphatic rings. The number of guanidine groups is 1. The topological polar surface area (TPSA) is 58.6 Å². The number of morpholine rings is 1. The molecule has 2 saturated heterocycles.